The molecule has 3 rings (SSSR count). The van der Waals surface area contributed by atoms with Crippen molar-refractivity contribution in [2.24, 2.45) is 0 Å². The molecular formula is C19H17NO8. The molecule has 0 atom stereocenters. The van der Waals surface area contributed by atoms with Crippen LogP contribution in [-0.2, 0) is 9.53 Å². The van der Waals surface area contributed by atoms with Gasteiger partial charge in [0.05, 0.1) is 14.2 Å². The molecule has 1 N–H and O–H groups in total. The summed E-state index contributed by atoms with van der Waals surface area (Å²) in [5, 5.41) is 2.58. The van der Waals surface area contributed by atoms with E-state index in [1.807, 2.05) is 0 Å². The van der Waals surface area contributed by atoms with Crippen LogP contribution in [0.1, 0.15) is 20.7 Å². The molecule has 0 radical (unpaired) electrons. The van der Waals surface area contributed by atoms with Gasteiger partial charge in [-0.05, 0) is 24.3 Å². The summed E-state index contributed by atoms with van der Waals surface area (Å²) in [5.41, 5.74) is 0.393. The van der Waals surface area contributed by atoms with Crippen LogP contribution < -0.4 is 24.3 Å². The van der Waals surface area contributed by atoms with E-state index in [2.05, 4.69) is 5.32 Å². The zero-order valence-electron chi connectivity index (χ0n) is 15.1. The van der Waals surface area contributed by atoms with Gasteiger partial charge in [-0.1, -0.05) is 0 Å². The molecule has 0 bridgehead atoms. The molecule has 0 spiro atoms. The number of carbonyl (C=O) groups is 3. The zero-order chi connectivity index (χ0) is 20.1. The van der Waals surface area contributed by atoms with Crippen LogP contribution in [0.25, 0.3) is 0 Å². The van der Waals surface area contributed by atoms with Crippen molar-refractivity contribution in [1.82, 2.24) is 0 Å². The van der Waals surface area contributed by atoms with E-state index in [0.717, 1.165) is 0 Å². The minimum atomic E-state index is -0.890. The summed E-state index contributed by atoms with van der Waals surface area (Å²) in [6.07, 6.45) is 0.491. The second kappa shape index (κ2) is 8.30. The Kier molecular flexibility index (Phi) is 5.64. The lowest BCUT2D eigenvalue weighted by molar-refractivity contribution is -0.119. The first kappa shape index (κ1) is 19.0. The van der Waals surface area contributed by atoms with Gasteiger partial charge >= 0.3 is 5.97 Å². The number of methoxy groups -OCH3 is 2. The van der Waals surface area contributed by atoms with Crippen LogP contribution in [0.15, 0.2) is 30.3 Å². The van der Waals surface area contributed by atoms with Gasteiger partial charge in [-0.3, -0.25) is 9.59 Å². The molecule has 9 nitrogen and oxygen atoms in total. The maximum Gasteiger partial charge on any atom is 0.343 e. The molecule has 1 aliphatic rings. The lowest BCUT2D eigenvalue weighted by atomic mass is 10.1. The van der Waals surface area contributed by atoms with Crippen LogP contribution in [0.5, 0.6) is 23.0 Å². The lowest BCUT2D eigenvalue weighted by Gasteiger charge is -2.14. The predicted octanol–water partition coefficient (Wildman–Crippen LogP) is 2.04. The Morgan fingerprint density at radius 2 is 1.89 bits per heavy atom. The maximum atomic E-state index is 12.4. The van der Waals surface area contributed by atoms with Gasteiger partial charge in [0.25, 0.3) is 5.91 Å². The predicted molar refractivity (Wildman–Crippen MR) is 96.4 cm³/mol. The van der Waals surface area contributed by atoms with Crippen molar-refractivity contribution in [2.45, 2.75) is 0 Å². The number of nitrogens with one attached hydrogen (secondary N) is 1. The maximum absolute atomic E-state index is 12.4. The third-order valence-electron chi connectivity index (χ3n) is 3.90. The highest BCUT2D eigenvalue weighted by atomic mass is 16.7. The Morgan fingerprint density at radius 1 is 1.11 bits per heavy atom. The lowest BCUT2D eigenvalue weighted by Crippen LogP contribution is -2.21. The van der Waals surface area contributed by atoms with Crippen molar-refractivity contribution < 1.29 is 38.1 Å². The molecule has 0 saturated carbocycles. The van der Waals surface area contributed by atoms with Crippen molar-refractivity contribution in [2.75, 3.05) is 32.9 Å². The van der Waals surface area contributed by atoms with Gasteiger partial charge in [0.2, 0.25) is 6.79 Å². The van der Waals surface area contributed by atoms with Gasteiger partial charge in [-0.15, -0.1) is 0 Å². The van der Waals surface area contributed by atoms with Crippen molar-refractivity contribution in [3.63, 3.8) is 0 Å². The number of anilines is 1. The summed E-state index contributed by atoms with van der Waals surface area (Å²) in [6, 6.07) is 7.77. The van der Waals surface area contributed by atoms with Crippen LogP contribution in [-0.4, -0.2) is 45.8 Å². The first-order valence-corrected chi connectivity index (χ1v) is 8.14. The fourth-order valence-electron chi connectivity index (χ4n) is 2.63. The molecule has 146 valence electrons. The summed E-state index contributed by atoms with van der Waals surface area (Å²) >= 11 is 0. The number of aldehydes is 1. The van der Waals surface area contributed by atoms with Crippen LogP contribution in [0.4, 0.5) is 5.69 Å². The Hall–Kier alpha value is -3.75. The first-order valence-electron chi connectivity index (χ1n) is 8.14. The van der Waals surface area contributed by atoms with Crippen molar-refractivity contribution >= 4 is 23.9 Å². The molecule has 1 amide bonds. The van der Waals surface area contributed by atoms with Gasteiger partial charge in [0, 0.05) is 17.3 Å². The summed E-state index contributed by atoms with van der Waals surface area (Å²) < 4.78 is 25.7. The van der Waals surface area contributed by atoms with Crippen LogP contribution in [0.2, 0.25) is 0 Å². The third-order valence-corrected chi connectivity index (χ3v) is 3.90. The number of ether oxygens (including phenoxy) is 5. The van der Waals surface area contributed by atoms with E-state index in [9.17, 15) is 14.4 Å². The number of hydrogen-bond donors (Lipinski definition) is 1. The SMILES string of the molecule is COc1ccc(C=O)c(C(=O)OCC(=O)Nc2ccc3c(c2)OCO3)c1OC. The highest BCUT2D eigenvalue weighted by Gasteiger charge is 2.23. The summed E-state index contributed by atoms with van der Waals surface area (Å²) in [4.78, 5) is 35.8. The molecule has 2 aromatic carbocycles. The fourth-order valence-corrected chi connectivity index (χ4v) is 2.63. The van der Waals surface area contributed by atoms with E-state index in [0.29, 0.717) is 23.5 Å². The van der Waals surface area contributed by atoms with Crippen LogP contribution >= 0.6 is 0 Å². The molecule has 0 fully saturated rings. The van der Waals surface area contributed by atoms with E-state index in [1.165, 1.54) is 26.4 Å². The molecule has 2 aromatic rings. The summed E-state index contributed by atoms with van der Waals surface area (Å²) in [5.74, 6) is -0.0685. The Balaban J connectivity index is 1.68. The van der Waals surface area contributed by atoms with Gasteiger partial charge in [0.15, 0.2) is 35.9 Å². The Bertz CT molecular complexity index is 924. The average Bonchev–Trinajstić information content (AvgIpc) is 3.18. The second-order valence-corrected chi connectivity index (χ2v) is 5.58. The van der Waals surface area contributed by atoms with Crippen LogP contribution in [0.3, 0.4) is 0 Å². The summed E-state index contributed by atoms with van der Waals surface area (Å²) in [6.45, 7) is -0.447. The molecule has 0 aromatic heterocycles. The van der Waals surface area contributed by atoms with Gasteiger partial charge in [0.1, 0.15) is 5.56 Å². The van der Waals surface area contributed by atoms with E-state index in [4.69, 9.17) is 23.7 Å². The molecule has 1 heterocycles. The van der Waals surface area contributed by atoms with E-state index >= 15 is 0 Å². The fraction of sp³-hybridized carbons (Fsp3) is 0.211. The largest absolute Gasteiger partial charge is 0.493 e. The minimum absolute atomic E-state index is 0.0493. The molecule has 28 heavy (non-hydrogen) atoms. The number of rotatable bonds is 7. The third kappa shape index (κ3) is 3.83. The number of benzene rings is 2. The average molecular weight is 387 g/mol. The number of hydrogen-bond acceptors (Lipinski definition) is 8. The highest BCUT2D eigenvalue weighted by molar-refractivity contribution is 6.03. The molecular weight excluding hydrogens is 370 g/mol. The number of fused-ring (bicyclic) bond motifs is 1. The standard InChI is InChI=1S/C19H17NO8/c1-24-14-5-3-11(8-21)17(18(14)25-2)19(23)26-9-16(22)20-12-4-6-13-15(7-12)28-10-27-13/h3-8H,9-10H2,1-2H3,(H,20,22). The topological polar surface area (TPSA) is 109 Å². The highest BCUT2D eigenvalue weighted by Crippen LogP contribution is 2.35. The van der Waals surface area contributed by atoms with E-state index in [-0.39, 0.29) is 29.4 Å². The Morgan fingerprint density at radius 3 is 2.61 bits per heavy atom. The Labute approximate surface area is 160 Å². The number of carbonyl (C=O) groups excluding carboxylic acids is 3. The quantitative estimate of drug-likeness (QED) is 0.568. The zero-order valence-corrected chi connectivity index (χ0v) is 15.1. The normalized spacial score (nSPS) is 11.5. The van der Waals surface area contributed by atoms with E-state index < -0.39 is 18.5 Å². The van der Waals surface area contributed by atoms with Crippen molar-refractivity contribution in [3.8, 4) is 23.0 Å². The number of amides is 1. The van der Waals surface area contributed by atoms with Crippen molar-refractivity contribution in [3.05, 3.63) is 41.5 Å². The molecule has 1 aliphatic heterocycles. The van der Waals surface area contributed by atoms with Crippen molar-refractivity contribution in [1.29, 1.82) is 0 Å². The smallest absolute Gasteiger partial charge is 0.343 e. The van der Waals surface area contributed by atoms with Crippen LogP contribution in [0, 0.1) is 0 Å². The molecule has 0 saturated heterocycles. The first-order chi connectivity index (χ1) is 13.6. The minimum Gasteiger partial charge on any atom is -0.493 e. The van der Waals surface area contributed by atoms with Gasteiger partial charge in [-0.25, -0.2) is 4.79 Å². The van der Waals surface area contributed by atoms with Gasteiger partial charge < -0.3 is 29.0 Å². The van der Waals surface area contributed by atoms with E-state index in [1.54, 1.807) is 18.2 Å². The number of esters is 1. The second-order valence-electron chi connectivity index (χ2n) is 5.58. The molecule has 0 unspecified atom stereocenters. The monoisotopic (exact) mass is 387 g/mol. The van der Waals surface area contributed by atoms with Gasteiger partial charge in [-0.2, -0.15) is 0 Å². The summed E-state index contributed by atoms with van der Waals surface area (Å²) in [7, 11) is 2.72. The molecule has 9 heteroatoms. The molecule has 0 aliphatic carbocycles.